The number of amides is 2. The molecule has 20 heteroatoms. The molecule has 0 bridgehead atoms. The predicted molar refractivity (Wildman–Crippen MR) is 259 cm³/mol. The van der Waals surface area contributed by atoms with Gasteiger partial charge in [-0.25, -0.2) is 9.13 Å². The molecule has 0 atom stereocenters. The molecule has 17 nitrogen and oxygen atoms in total. The van der Waals surface area contributed by atoms with E-state index in [1.54, 1.807) is 0 Å². The number of anilines is 6. The van der Waals surface area contributed by atoms with Gasteiger partial charge in [0.2, 0.25) is 29.0 Å². The number of carbonyl (C=O) groups excluding carboxylic acids is 2. The Labute approximate surface area is 388 Å². The molecule has 2 amide bonds. The Morgan fingerprint density at radius 3 is 1.35 bits per heavy atom. The summed E-state index contributed by atoms with van der Waals surface area (Å²) in [6, 6.07) is 24.2. The number of nitrogens with one attached hydrogen (secondary N) is 2. The van der Waals surface area contributed by atoms with E-state index < -0.39 is 0 Å². The lowest BCUT2D eigenvalue weighted by Crippen LogP contribution is -2.48. The number of hydrogen-bond acceptors (Lipinski definition) is 15. The van der Waals surface area contributed by atoms with Crippen molar-refractivity contribution < 1.29 is 18.7 Å². The number of thiazole rings is 2. The molecule has 2 aliphatic rings. The molecule has 332 valence electrons. The maximum atomic E-state index is 11.5. The summed E-state index contributed by atoms with van der Waals surface area (Å²) in [5, 5.41) is 25.8. The summed E-state index contributed by atoms with van der Waals surface area (Å²) in [5.41, 5.74) is 9.50. The average Bonchev–Trinajstić information content (AvgIpc) is 3.78. The van der Waals surface area contributed by atoms with Crippen molar-refractivity contribution in [2.45, 2.75) is 27.7 Å². The van der Waals surface area contributed by atoms with Gasteiger partial charge in [0.1, 0.15) is 22.4 Å². The summed E-state index contributed by atoms with van der Waals surface area (Å²) in [7, 11) is 3.93. The predicted octanol–water partition coefficient (Wildman–Crippen LogP) is 8.62. The van der Waals surface area contributed by atoms with Gasteiger partial charge in [-0.2, -0.15) is 15.0 Å². The molecule has 2 N–H and O–H groups in total. The molecule has 5 heterocycles. The lowest BCUT2D eigenvalue weighted by molar-refractivity contribution is -0.628. The minimum absolute atomic E-state index is 0.104. The SMILES string of the molecule is CC(=O)Nc1ccc2c(c1)sc(N=Nc1ccc(N3CCN(c4nc(Cl)nc(N5CCN(c6ccc(N=Nc7sc8cc(NC(C)=O)ccc8[n+]7C)c(C)c6)CC5)n4)CC3)cc1C)[n+]2C. The fourth-order valence-electron chi connectivity index (χ4n) is 8.05. The largest absolute Gasteiger partial charge is 0.409 e. The van der Waals surface area contributed by atoms with Crippen molar-refractivity contribution in [3.63, 3.8) is 0 Å². The van der Waals surface area contributed by atoms with E-state index in [1.165, 1.54) is 36.5 Å². The lowest BCUT2D eigenvalue weighted by atomic mass is 10.1. The van der Waals surface area contributed by atoms with Gasteiger partial charge in [-0.3, -0.25) is 9.59 Å². The Morgan fingerprint density at radius 1 is 0.569 bits per heavy atom. The van der Waals surface area contributed by atoms with E-state index in [2.05, 4.69) is 98.8 Å². The molecule has 2 saturated heterocycles. The average molecular weight is 931 g/mol. The number of fused-ring (bicyclic) bond motifs is 2. The van der Waals surface area contributed by atoms with Crippen molar-refractivity contribution in [1.82, 2.24) is 15.0 Å². The minimum atomic E-state index is -0.104. The van der Waals surface area contributed by atoms with Gasteiger partial charge in [0.15, 0.2) is 0 Å². The van der Waals surface area contributed by atoms with Gasteiger partial charge >= 0.3 is 10.3 Å². The maximum absolute atomic E-state index is 11.5. The molecule has 0 unspecified atom stereocenters. The fraction of sp³-hybridized carbons (Fsp3) is 0.311. The van der Waals surface area contributed by atoms with E-state index in [-0.39, 0.29) is 17.1 Å². The molecule has 65 heavy (non-hydrogen) atoms. The summed E-state index contributed by atoms with van der Waals surface area (Å²) in [6.07, 6.45) is 0. The standard InChI is InChI=1S/C45H46ClN15O2S2/c1-27-23-33(9-11-35(27)52-54-44-56(5)37-13-7-31(47-29(3)62)25-39(37)64-44)58-15-19-60(20-16-58)42-49-41(46)50-43(51-42)61-21-17-59(18-22-61)34-10-12-36(28(2)24-34)53-55-45-57(6)38-14-8-32(48-30(4)63)26-40(38)65-45/h7-14,23-26H,15-22H2,1-6H3/p+2. The second kappa shape index (κ2) is 18.4. The van der Waals surface area contributed by atoms with Crippen LogP contribution in [0.5, 0.6) is 0 Å². The van der Waals surface area contributed by atoms with Crippen LogP contribution in [0.25, 0.3) is 20.4 Å². The van der Waals surface area contributed by atoms with Crippen LogP contribution in [0.15, 0.2) is 93.3 Å². The van der Waals surface area contributed by atoms with Crippen molar-refractivity contribution in [3.05, 3.63) is 89.2 Å². The van der Waals surface area contributed by atoms with Crippen molar-refractivity contribution >= 4 is 123 Å². The van der Waals surface area contributed by atoms with Crippen LogP contribution >= 0.6 is 34.3 Å². The van der Waals surface area contributed by atoms with Crippen LogP contribution in [-0.2, 0) is 23.7 Å². The highest BCUT2D eigenvalue weighted by Crippen LogP contribution is 2.34. The normalized spacial score (nSPS) is 14.7. The smallest absolute Gasteiger partial charge is 0.368 e. The number of benzene rings is 4. The van der Waals surface area contributed by atoms with Crippen molar-refractivity contribution in [2.24, 2.45) is 34.6 Å². The first kappa shape index (κ1) is 43.5. The number of halogens is 1. The Kier molecular flexibility index (Phi) is 12.3. The maximum Gasteiger partial charge on any atom is 0.409 e. The second-order valence-corrected chi connectivity index (χ2v) is 18.5. The number of azo groups is 2. The molecule has 0 spiro atoms. The van der Waals surface area contributed by atoms with Crippen LogP contribution in [0.4, 0.5) is 56.3 Å². The van der Waals surface area contributed by atoms with Crippen molar-refractivity contribution in [3.8, 4) is 0 Å². The fourth-order valence-corrected chi connectivity index (χ4v) is 10.2. The lowest BCUT2D eigenvalue weighted by Gasteiger charge is -2.38. The topological polar surface area (TPSA) is 167 Å². The van der Waals surface area contributed by atoms with Crippen molar-refractivity contribution in [1.29, 1.82) is 0 Å². The summed E-state index contributed by atoms with van der Waals surface area (Å²) < 4.78 is 6.05. The molecule has 2 fully saturated rings. The van der Waals surface area contributed by atoms with Crippen LogP contribution in [0, 0.1) is 13.8 Å². The summed E-state index contributed by atoms with van der Waals surface area (Å²) in [6.45, 7) is 13.2. The van der Waals surface area contributed by atoms with Gasteiger partial charge in [0.05, 0.1) is 33.7 Å². The Morgan fingerprint density at radius 2 is 0.969 bits per heavy atom. The van der Waals surface area contributed by atoms with Crippen LogP contribution in [-0.4, -0.2) is 79.1 Å². The summed E-state index contributed by atoms with van der Waals surface area (Å²) in [4.78, 5) is 46.1. The van der Waals surface area contributed by atoms with Gasteiger partial charge in [-0.15, -0.1) is 0 Å². The van der Waals surface area contributed by atoms with Gasteiger partial charge in [-0.1, -0.05) is 0 Å². The number of nitrogens with zero attached hydrogens (tertiary/aromatic N) is 13. The number of piperazine rings is 2. The third kappa shape index (κ3) is 9.57. The zero-order valence-corrected chi connectivity index (χ0v) is 39.3. The third-order valence-electron chi connectivity index (χ3n) is 11.5. The van der Waals surface area contributed by atoms with Gasteiger partial charge < -0.3 is 30.2 Å². The zero-order valence-electron chi connectivity index (χ0n) is 36.9. The van der Waals surface area contributed by atoms with E-state index in [1.807, 2.05) is 71.8 Å². The van der Waals surface area contributed by atoms with E-state index in [0.29, 0.717) is 11.9 Å². The molecule has 4 aromatic carbocycles. The first-order chi connectivity index (χ1) is 31.3. The number of carbonyl (C=O) groups is 2. The van der Waals surface area contributed by atoms with Gasteiger partial charge in [0.25, 0.3) is 0 Å². The van der Waals surface area contributed by atoms with Crippen LogP contribution < -0.4 is 39.4 Å². The molecule has 3 aromatic heterocycles. The first-order valence-electron chi connectivity index (χ1n) is 21.2. The molecular formula is C45H48ClN15O2S2+2. The molecule has 2 aliphatic heterocycles. The van der Waals surface area contributed by atoms with E-state index in [9.17, 15) is 9.59 Å². The Balaban J connectivity index is 0.789. The number of aromatic nitrogens is 5. The monoisotopic (exact) mass is 929 g/mol. The molecule has 0 saturated carbocycles. The third-order valence-corrected chi connectivity index (χ3v) is 13.9. The van der Waals surface area contributed by atoms with E-state index >= 15 is 0 Å². The highest BCUT2D eigenvalue weighted by Gasteiger charge is 2.26. The highest BCUT2D eigenvalue weighted by molar-refractivity contribution is 7.21. The molecule has 7 aromatic rings. The van der Waals surface area contributed by atoms with Crippen molar-refractivity contribution in [2.75, 3.05) is 82.6 Å². The van der Waals surface area contributed by atoms with Crippen LogP contribution in [0.1, 0.15) is 25.0 Å². The van der Waals surface area contributed by atoms with E-state index in [0.717, 1.165) is 128 Å². The van der Waals surface area contributed by atoms with E-state index in [4.69, 9.17) is 16.6 Å². The molecular weight excluding hydrogens is 882 g/mol. The highest BCUT2D eigenvalue weighted by atomic mass is 35.5. The number of rotatable bonds is 10. The summed E-state index contributed by atoms with van der Waals surface area (Å²) in [5.74, 6) is 0.975. The molecule has 0 aliphatic carbocycles. The zero-order chi connectivity index (χ0) is 45.4. The first-order valence-corrected chi connectivity index (χ1v) is 23.2. The van der Waals surface area contributed by atoms with Crippen LogP contribution in [0.2, 0.25) is 5.28 Å². The Hall–Kier alpha value is -6.70. The molecule has 0 radical (unpaired) electrons. The summed E-state index contributed by atoms with van der Waals surface area (Å²) >= 11 is 9.59. The Bertz CT molecular complexity index is 2830. The number of aryl methyl sites for hydroxylation is 4. The minimum Gasteiger partial charge on any atom is -0.368 e. The van der Waals surface area contributed by atoms with Crippen LogP contribution in [0.3, 0.4) is 0 Å². The quantitative estimate of drug-likeness (QED) is 0.101. The van der Waals surface area contributed by atoms with Gasteiger partial charge in [0, 0.05) is 89.0 Å². The number of hydrogen-bond donors (Lipinski definition) is 2. The van der Waals surface area contributed by atoms with Gasteiger partial charge in [-0.05, 0) is 142 Å². The molecule has 9 rings (SSSR count). The second-order valence-electron chi connectivity index (χ2n) is 16.1.